The fourth-order valence-electron chi connectivity index (χ4n) is 2.05. The van der Waals surface area contributed by atoms with E-state index in [4.69, 9.17) is 4.74 Å². The van der Waals surface area contributed by atoms with Gasteiger partial charge < -0.3 is 4.74 Å². The first-order chi connectivity index (χ1) is 7.98. The zero-order valence-corrected chi connectivity index (χ0v) is 10.6. The van der Waals surface area contributed by atoms with E-state index in [1.165, 1.54) is 0 Å². The quantitative estimate of drug-likeness (QED) is 0.756. The third kappa shape index (κ3) is 2.67. The third-order valence-electron chi connectivity index (χ3n) is 3.06. The van der Waals surface area contributed by atoms with Crippen molar-refractivity contribution in [2.45, 2.75) is 32.9 Å². The number of esters is 1. The fraction of sp³-hybridized carbons (Fsp3) is 0.500. The lowest BCUT2D eigenvalue weighted by molar-refractivity contribution is -0.155. The Morgan fingerprint density at radius 2 is 1.88 bits per heavy atom. The summed E-state index contributed by atoms with van der Waals surface area (Å²) in [6, 6.07) is 9.94. The van der Waals surface area contributed by atoms with Crippen LogP contribution in [0, 0.1) is 5.41 Å². The Balaban J connectivity index is 2.16. The van der Waals surface area contributed by atoms with Gasteiger partial charge in [-0.3, -0.25) is 10.1 Å². The van der Waals surface area contributed by atoms with Crippen LogP contribution in [0.3, 0.4) is 0 Å². The van der Waals surface area contributed by atoms with Crippen molar-refractivity contribution in [2.24, 2.45) is 5.41 Å². The van der Waals surface area contributed by atoms with Gasteiger partial charge in [0.2, 0.25) is 0 Å². The van der Waals surface area contributed by atoms with E-state index in [0.717, 1.165) is 5.56 Å². The first-order valence-corrected chi connectivity index (χ1v) is 5.96. The second-order valence-corrected chi connectivity index (χ2v) is 5.56. The van der Waals surface area contributed by atoms with Gasteiger partial charge in [0.1, 0.15) is 12.6 Å². The zero-order chi connectivity index (χ0) is 12.5. The molecule has 0 amide bonds. The molecular formula is C14H19NO2. The first kappa shape index (κ1) is 12.1. The monoisotopic (exact) mass is 233 g/mol. The summed E-state index contributed by atoms with van der Waals surface area (Å²) in [7, 11) is 0. The van der Waals surface area contributed by atoms with Gasteiger partial charge in [-0.1, -0.05) is 51.1 Å². The molecular weight excluding hydrogens is 214 g/mol. The smallest absolute Gasteiger partial charge is 0.323 e. The van der Waals surface area contributed by atoms with Gasteiger partial charge in [0, 0.05) is 0 Å². The van der Waals surface area contributed by atoms with Crippen LogP contribution in [0.25, 0.3) is 0 Å². The molecule has 3 heteroatoms. The number of rotatable bonds is 1. The molecule has 1 heterocycles. The van der Waals surface area contributed by atoms with Crippen molar-refractivity contribution in [2.75, 3.05) is 6.61 Å². The number of hydrogen-bond acceptors (Lipinski definition) is 3. The highest BCUT2D eigenvalue weighted by Gasteiger charge is 2.38. The standard InChI is InChI=1S/C14H19NO2/c1-14(2,3)12-13(16)17-9-11(15-12)10-7-5-4-6-8-10/h4-8,11-12,15H,9H2,1-3H3. The van der Waals surface area contributed by atoms with Crippen LogP contribution in [0.1, 0.15) is 32.4 Å². The molecule has 2 unspecified atom stereocenters. The van der Waals surface area contributed by atoms with Crippen molar-refractivity contribution < 1.29 is 9.53 Å². The van der Waals surface area contributed by atoms with E-state index in [1.54, 1.807) is 0 Å². The normalized spacial score (nSPS) is 25.5. The van der Waals surface area contributed by atoms with Crippen molar-refractivity contribution in [3.8, 4) is 0 Å². The zero-order valence-electron chi connectivity index (χ0n) is 10.6. The molecule has 0 aliphatic carbocycles. The van der Waals surface area contributed by atoms with Gasteiger partial charge in [-0.2, -0.15) is 0 Å². The van der Waals surface area contributed by atoms with Gasteiger partial charge in [0.05, 0.1) is 6.04 Å². The SMILES string of the molecule is CC(C)(C)C1NC(c2ccccc2)COC1=O. The molecule has 3 nitrogen and oxygen atoms in total. The van der Waals surface area contributed by atoms with Crippen molar-refractivity contribution in [3.05, 3.63) is 35.9 Å². The molecule has 0 spiro atoms. The molecule has 0 saturated carbocycles. The molecule has 1 aliphatic heterocycles. The van der Waals surface area contributed by atoms with E-state index in [1.807, 2.05) is 39.0 Å². The average Bonchev–Trinajstić information content (AvgIpc) is 2.29. The van der Waals surface area contributed by atoms with Crippen LogP contribution in [-0.4, -0.2) is 18.6 Å². The van der Waals surface area contributed by atoms with Gasteiger partial charge in [-0.15, -0.1) is 0 Å². The topological polar surface area (TPSA) is 38.3 Å². The summed E-state index contributed by atoms with van der Waals surface area (Å²) in [5.74, 6) is -0.148. The number of carbonyl (C=O) groups excluding carboxylic acids is 1. The van der Waals surface area contributed by atoms with Crippen LogP contribution in [-0.2, 0) is 9.53 Å². The number of nitrogens with one attached hydrogen (secondary N) is 1. The summed E-state index contributed by atoms with van der Waals surface area (Å²) in [5, 5.41) is 3.38. The van der Waals surface area contributed by atoms with Gasteiger partial charge in [0.25, 0.3) is 0 Å². The van der Waals surface area contributed by atoms with Crippen LogP contribution in [0.2, 0.25) is 0 Å². The third-order valence-corrected chi connectivity index (χ3v) is 3.06. The molecule has 1 fully saturated rings. The van der Waals surface area contributed by atoms with E-state index in [0.29, 0.717) is 6.61 Å². The van der Waals surface area contributed by atoms with Gasteiger partial charge >= 0.3 is 5.97 Å². The Morgan fingerprint density at radius 1 is 1.24 bits per heavy atom. The molecule has 1 aliphatic rings. The molecule has 17 heavy (non-hydrogen) atoms. The molecule has 1 aromatic rings. The molecule has 0 bridgehead atoms. The summed E-state index contributed by atoms with van der Waals surface area (Å²) in [5.41, 5.74) is 1.03. The van der Waals surface area contributed by atoms with Gasteiger partial charge in [-0.05, 0) is 11.0 Å². The minimum Gasteiger partial charge on any atom is -0.462 e. The highest BCUT2D eigenvalue weighted by atomic mass is 16.5. The van der Waals surface area contributed by atoms with Crippen LogP contribution in [0.5, 0.6) is 0 Å². The number of ether oxygens (including phenoxy) is 1. The van der Waals surface area contributed by atoms with E-state index < -0.39 is 0 Å². The summed E-state index contributed by atoms with van der Waals surface area (Å²) in [4.78, 5) is 11.7. The maximum Gasteiger partial charge on any atom is 0.323 e. The molecule has 0 aromatic heterocycles. The second kappa shape index (κ2) is 4.49. The van der Waals surface area contributed by atoms with Gasteiger partial charge in [-0.25, -0.2) is 0 Å². The van der Waals surface area contributed by atoms with E-state index in [2.05, 4.69) is 17.4 Å². The molecule has 92 valence electrons. The first-order valence-electron chi connectivity index (χ1n) is 5.96. The maximum atomic E-state index is 11.7. The number of carbonyl (C=O) groups is 1. The Bertz CT molecular complexity index is 394. The second-order valence-electron chi connectivity index (χ2n) is 5.56. The summed E-state index contributed by atoms with van der Waals surface area (Å²) >= 11 is 0. The highest BCUT2D eigenvalue weighted by Crippen LogP contribution is 2.27. The minimum absolute atomic E-state index is 0.0955. The van der Waals surface area contributed by atoms with Crippen LogP contribution in [0.4, 0.5) is 0 Å². The lowest BCUT2D eigenvalue weighted by atomic mass is 9.85. The van der Waals surface area contributed by atoms with E-state index in [-0.39, 0.29) is 23.5 Å². The van der Waals surface area contributed by atoms with E-state index >= 15 is 0 Å². The predicted octanol–water partition coefficient (Wildman–Crippen LogP) is 2.29. The lowest BCUT2D eigenvalue weighted by Crippen LogP contribution is -2.53. The predicted molar refractivity (Wildman–Crippen MR) is 66.5 cm³/mol. The van der Waals surface area contributed by atoms with Crippen molar-refractivity contribution in [1.29, 1.82) is 0 Å². The molecule has 2 rings (SSSR count). The van der Waals surface area contributed by atoms with Crippen LogP contribution >= 0.6 is 0 Å². The number of hydrogen-bond donors (Lipinski definition) is 1. The van der Waals surface area contributed by atoms with Gasteiger partial charge in [0.15, 0.2) is 0 Å². The lowest BCUT2D eigenvalue weighted by Gasteiger charge is -2.37. The number of cyclic esters (lactones) is 1. The van der Waals surface area contributed by atoms with E-state index in [9.17, 15) is 4.79 Å². The van der Waals surface area contributed by atoms with Crippen LogP contribution < -0.4 is 5.32 Å². The average molecular weight is 233 g/mol. The summed E-state index contributed by atoms with van der Waals surface area (Å²) in [6.07, 6.45) is 0. The molecule has 1 saturated heterocycles. The summed E-state index contributed by atoms with van der Waals surface area (Å²) < 4.78 is 5.28. The Morgan fingerprint density at radius 3 is 2.47 bits per heavy atom. The fourth-order valence-corrected chi connectivity index (χ4v) is 2.05. The molecule has 0 radical (unpaired) electrons. The van der Waals surface area contributed by atoms with Crippen molar-refractivity contribution in [3.63, 3.8) is 0 Å². The van der Waals surface area contributed by atoms with Crippen molar-refractivity contribution >= 4 is 5.97 Å². The Kier molecular flexibility index (Phi) is 3.20. The van der Waals surface area contributed by atoms with Crippen LogP contribution in [0.15, 0.2) is 30.3 Å². The minimum atomic E-state index is -0.249. The number of benzene rings is 1. The summed E-state index contributed by atoms with van der Waals surface area (Å²) in [6.45, 7) is 6.54. The molecule has 2 atom stereocenters. The Hall–Kier alpha value is -1.35. The molecule has 1 N–H and O–H groups in total. The largest absolute Gasteiger partial charge is 0.462 e. The highest BCUT2D eigenvalue weighted by molar-refractivity contribution is 5.77. The van der Waals surface area contributed by atoms with Crippen molar-refractivity contribution in [1.82, 2.24) is 5.32 Å². The number of morpholine rings is 1. The maximum absolute atomic E-state index is 11.7. The Labute approximate surface area is 102 Å². The molecule has 1 aromatic carbocycles.